The van der Waals surface area contributed by atoms with Crippen molar-refractivity contribution in [1.29, 1.82) is 0 Å². The van der Waals surface area contributed by atoms with Crippen LogP contribution in [0, 0.1) is 6.92 Å². The van der Waals surface area contributed by atoms with Crippen LogP contribution in [0.2, 0.25) is 0 Å². The Bertz CT molecular complexity index is 1480. The lowest BCUT2D eigenvalue weighted by atomic mass is 10.0. The van der Waals surface area contributed by atoms with Gasteiger partial charge in [-0.25, -0.2) is 9.78 Å². The summed E-state index contributed by atoms with van der Waals surface area (Å²) in [6.45, 7) is 7.81. The van der Waals surface area contributed by atoms with Crippen molar-refractivity contribution < 1.29 is 9.90 Å². The Morgan fingerprint density at radius 3 is 2.40 bits per heavy atom. The average molecular weight is 469 g/mol. The summed E-state index contributed by atoms with van der Waals surface area (Å²) in [5.74, 6) is -0.335. The standard InChI is InChI=1S/C28H28N4O3/c1-4-32-26(33)23-14-17(2)13-22(18(3)29-24-12-8-7-11-21(24)27(34)35)25(23)30-28(32)31-15-19-9-5-6-10-20(19)16-31/h5-14,18,29H,4,15-16H2,1-3H3,(H,34,35)/t18-/m1/s1. The molecule has 0 saturated heterocycles. The first kappa shape index (κ1) is 22.7. The predicted molar refractivity (Wildman–Crippen MR) is 138 cm³/mol. The van der Waals surface area contributed by atoms with Crippen molar-refractivity contribution in [2.24, 2.45) is 0 Å². The first-order chi connectivity index (χ1) is 16.9. The van der Waals surface area contributed by atoms with Crippen molar-refractivity contribution in [3.8, 4) is 0 Å². The fraction of sp³-hybridized carbons (Fsp3) is 0.250. The van der Waals surface area contributed by atoms with Gasteiger partial charge < -0.3 is 15.3 Å². The largest absolute Gasteiger partial charge is 0.478 e. The highest BCUT2D eigenvalue weighted by atomic mass is 16.4. The molecule has 3 aromatic carbocycles. The number of aromatic nitrogens is 2. The molecule has 0 radical (unpaired) electrons. The Hall–Kier alpha value is -4.13. The maximum Gasteiger partial charge on any atom is 0.337 e. The third-order valence-corrected chi connectivity index (χ3v) is 6.65. The summed E-state index contributed by atoms with van der Waals surface area (Å²) in [7, 11) is 0. The van der Waals surface area contributed by atoms with Gasteiger partial charge in [-0.2, -0.15) is 0 Å². The van der Waals surface area contributed by atoms with Crippen LogP contribution in [-0.4, -0.2) is 20.6 Å². The van der Waals surface area contributed by atoms with E-state index < -0.39 is 5.97 Å². The number of rotatable bonds is 6. The van der Waals surface area contributed by atoms with Crippen molar-refractivity contribution in [2.75, 3.05) is 10.2 Å². The van der Waals surface area contributed by atoms with Gasteiger partial charge in [-0.05, 0) is 55.7 Å². The van der Waals surface area contributed by atoms with Crippen molar-refractivity contribution in [3.63, 3.8) is 0 Å². The minimum Gasteiger partial charge on any atom is -0.478 e. The van der Waals surface area contributed by atoms with Gasteiger partial charge in [0.15, 0.2) is 0 Å². The molecule has 0 unspecified atom stereocenters. The summed E-state index contributed by atoms with van der Waals surface area (Å²) in [5.41, 5.74) is 5.61. The Morgan fingerprint density at radius 2 is 1.74 bits per heavy atom. The van der Waals surface area contributed by atoms with E-state index in [1.165, 1.54) is 11.1 Å². The molecule has 7 nitrogen and oxygen atoms in total. The number of anilines is 2. The molecule has 0 saturated carbocycles. The fourth-order valence-electron chi connectivity index (χ4n) is 4.93. The lowest BCUT2D eigenvalue weighted by molar-refractivity contribution is 0.0698. The van der Waals surface area contributed by atoms with Gasteiger partial charge in [0.1, 0.15) is 0 Å². The molecule has 1 aliphatic heterocycles. The molecule has 2 heterocycles. The van der Waals surface area contributed by atoms with Crippen molar-refractivity contribution in [1.82, 2.24) is 9.55 Å². The number of hydrogen-bond donors (Lipinski definition) is 2. The molecule has 0 spiro atoms. The number of fused-ring (bicyclic) bond motifs is 2. The van der Waals surface area contributed by atoms with Crippen LogP contribution in [0.3, 0.4) is 0 Å². The number of hydrogen-bond acceptors (Lipinski definition) is 5. The Balaban J connectivity index is 1.63. The van der Waals surface area contributed by atoms with Gasteiger partial charge in [-0.15, -0.1) is 0 Å². The number of para-hydroxylation sites is 1. The first-order valence-electron chi connectivity index (χ1n) is 11.8. The van der Waals surface area contributed by atoms with Crippen molar-refractivity contribution in [3.05, 3.63) is 98.8 Å². The van der Waals surface area contributed by atoms with Crippen LogP contribution in [-0.2, 0) is 19.6 Å². The second kappa shape index (κ2) is 8.91. The Labute approximate surface area is 203 Å². The molecule has 178 valence electrons. The monoisotopic (exact) mass is 468 g/mol. The number of carboxylic acids is 1. The predicted octanol–water partition coefficient (Wildman–Crippen LogP) is 5.12. The second-order valence-electron chi connectivity index (χ2n) is 9.05. The number of benzene rings is 3. The molecule has 1 atom stereocenters. The first-order valence-corrected chi connectivity index (χ1v) is 11.8. The SMILES string of the molecule is CCn1c(N2Cc3ccccc3C2)nc2c([C@@H](C)Nc3ccccc3C(=O)O)cc(C)cc2c1=O. The Kier molecular flexibility index (Phi) is 5.76. The van der Waals surface area contributed by atoms with Gasteiger partial charge in [-0.3, -0.25) is 9.36 Å². The molecule has 7 heteroatoms. The minimum absolute atomic E-state index is 0.0634. The molecule has 0 bridgehead atoms. The Morgan fingerprint density at radius 1 is 1.09 bits per heavy atom. The van der Waals surface area contributed by atoms with Gasteiger partial charge >= 0.3 is 5.97 Å². The molecule has 0 amide bonds. The summed E-state index contributed by atoms with van der Waals surface area (Å²) in [6.07, 6.45) is 0. The summed E-state index contributed by atoms with van der Waals surface area (Å²) >= 11 is 0. The third kappa shape index (κ3) is 4.03. The third-order valence-electron chi connectivity index (χ3n) is 6.65. The number of nitrogens with one attached hydrogen (secondary N) is 1. The molecular formula is C28H28N4O3. The summed E-state index contributed by atoms with van der Waals surface area (Å²) in [5, 5.41) is 13.5. The zero-order chi connectivity index (χ0) is 24.7. The second-order valence-corrected chi connectivity index (χ2v) is 9.05. The van der Waals surface area contributed by atoms with E-state index in [2.05, 4.69) is 22.3 Å². The summed E-state index contributed by atoms with van der Waals surface area (Å²) < 4.78 is 1.75. The van der Waals surface area contributed by atoms with Gasteiger partial charge in [-0.1, -0.05) is 42.5 Å². The van der Waals surface area contributed by atoms with Crippen LogP contribution >= 0.6 is 0 Å². The van der Waals surface area contributed by atoms with E-state index in [1.54, 1.807) is 28.8 Å². The maximum atomic E-state index is 13.6. The quantitative estimate of drug-likeness (QED) is 0.409. The van der Waals surface area contributed by atoms with Gasteiger partial charge in [0, 0.05) is 30.9 Å². The topological polar surface area (TPSA) is 87.5 Å². The molecule has 35 heavy (non-hydrogen) atoms. The van der Waals surface area contributed by atoms with Gasteiger partial charge in [0.25, 0.3) is 5.56 Å². The molecule has 5 rings (SSSR count). The maximum absolute atomic E-state index is 13.6. The van der Waals surface area contributed by atoms with E-state index in [0.29, 0.717) is 42.2 Å². The van der Waals surface area contributed by atoms with E-state index in [4.69, 9.17) is 4.98 Å². The van der Waals surface area contributed by atoms with Crippen LogP contribution in [0.4, 0.5) is 11.6 Å². The minimum atomic E-state index is -0.991. The van der Waals surface area contributed by atoms with Crippen LogP contribution < -0.4 is 15.8 Å². The number of aromatic carboxylic acids is 1. The van der Waals surface area contributed by atoms with E-state index >= 15 is 0 Å². The highest BCUT2D eigenvalue weighted by molar-refractivity contribution is 5.94. The number of aryl methyl sites for hydroxylation is 1. The molecule has 1 aromatic heterocycles. The van der Waals surface area contributed by atoms with Crippen LogP contribution in [0.1, 0.15) is 52.5 Å². The highest BCUT2D eigenvalue weighted by Crippen LogP contribution is 2.31. The smallest absolute Gasteiger partial charge is 0.337 e. The average Bonchev–Trinajstić information content (AvgIpc) is 3.28. The number of carboxylic acid groups (broad SMARTS) is 1. The molecular weight excluding hydrogens is 440 g/mol. The van der Waals surface area contributed by atoms with Crippen LogP contribution in [0.25, 0.3) is 10.9 Å². The molecule has 0 fully saturated rings. The molecule has 4 aromatic rings. The highest BCUT2D eigenvalue weighted by Gasteiger charge is 2.25. The summed E-state index contributed by atoms with van der Waals surface area (Å²) in [4.78, 5) is 32.6. The summed E-state index contributed by atoms with van der Waals surface area (Å²) in [6, 6.07) is 18.8. The van der Waals surface area contributed by atoms with E-state index in [1.807, 2.05) is 45.0 Å². The fourth-order valence-corrected chi connectivity index (χ4v) is 4.93. The van der Waals surface area contributed by atoms with Crippen molar-refractivity contribution in [2.45, 2.75) is 46.4 Å². The molecule has 1 aliphatic rings. The molecule has 0 aliphatic carbocycles. The van der Waals surface area contributed by atoms with E-state index in [9.17, 15) is 14.7 Å². The zero-order valence-electron chi connectivity index (χ0n) is 20.1. The van der Waals surface area contributed by atoms with Crippen molar-refractivity contribution >= 4 is 28.5 Å². The number of carbonyl (C=O) groups is 1. The van der Waals surface area contributed by atoms with E-state index in [0.717, 1.165) is 11.1 Å². The van der Waals surface area contributed by atoms with Crippen LogP contribution in [0.5, 0.6) is 0 Å². The van der Waals surface area contributed by atoms with E-state index in [-0.39, 0.29) is 17.2 Å². The lowest BCUT2D eigenvalue weighted by Crippen LogP contribution is -2.30. The van der Waals surface area contributed by atoms with Gasteiger partial charge in [0.05, 0.1) is 22.5 Å². The zero-order valence-corrected chi connectivity index (χ0v) is 20.1. The van der Waals surface area contributed by atoms with Gasteiger partial charge in [0.2, 0.25) is 5.95 Å². The molecule has 2 N–H and O–H groups in total. The normalized spacial score (nSPS) is 13.6. The number of nitrogens with zero attached hydrogens (tertiary/aromatic N) is 3. The van der Waals surface area contributed by atoms with Crippen LogP contribution in [0.15, 0.2) is 65.5 Å². The lowest BCUT2D eigenvalue weighted by Gasteiger charge is -2.24.